The molecule has 22 heavy (non-hydrogen) atoms. The van der Waals surface area contributed by atoms with Crippen LogP contribution in [-0.2, 0) is 13.0 Å². The Labute approximate surface area is 130 Å². The van der Waals surface area contributed by atoms with Crippen LogP contribution in [0, 0.1) is 0 Å². The number of hydrogen-bond donors (Lipinski definition) is 2. The first-order chi connectivity index (χ1) is 10.8. The van der Waals surface area contributed by atoms with Crippen molar-refractivity contribution >= 4 is 0 Å². The average molecular weight is 302 g/mol. The van der Waals surface area contributed by atoms with Crippen molar-refractivity contribution in [3.8, 4) is 5.75 Å². The van der Waals surface area contributed by atoms with Crippen LogP contribution in [0.5, 0.6) is 5.75 Å². The summed E-state index contributed by atoms with van der Waals surface area (Å²) in [5.41, 5.74) is 2.13. The van der Waals surface area contributed by atoms with Crippen molar-refractivity contribution in [3.05, 3.63) is 41.7 Å². The molecule has 118 valence electrons. The van der Waals surface area contributed by atoms with Crippen molar-refractivity contribution in [1.82, 2.24) is 20.3 Å². The van der Waals surface area contributed by atoms with Gasteiger partial charge in [0.1, 0.15) is 5.75 Å². The fourth-order valence-corrected chi connectivity index (χ4v) is 2.82. The number of aliphatic hydroxyl groups is 1. The number of piperidine rings is 1. The minimum atomic E-state index is -0.375. The summed E-state index contributed by atoms with van der Waals surface area (Å²) in [6.45, 7) is 2.32. The molecule has 3 rings (SSSR count). The predicted octanol–water partition coefficient (Wildman–Crippen LogP) is 0.967. The maximum atomic E-state index is 10.0. The van der Waals surface area contributed by atoms with Crippen LogP contribution in [0.4, 0.5) is 0 Å². The van der Waals surface area contributed by atoms with Gasteiger partial charge in [-0.2, -0.15) is 0 Å². The van der Waals surface area contributed by atoms with E-state index in [2.05, 4.69) is 27.8 Å². The molecule has 1 aromatic carbocycles. The molecule has 0 saturated carbocycles. The van der Waals surface area contributed by atoms with Crippen molar-refractivity contribution in [3.63, 3.8) is 0 Å². The smallest absolute Gasteiger partial charge is 0.118 e. The molecule has 0 radical (unpaired) electrons. The van der Waals surface area contributed by atoms with Crippen molar-refractivity contribution in [2.24, 2.45) is 0 Å². The third-order valence-corrected chi connectivity index (χ3v) is 4.17. The number of aromatic nitrogens is 3. The predicted molar refractivity (Wildman–Crippen MR) is 83.0 cm³/mol. The summed E-state index contributed by atoms with van der Waals surface area (Å²) in [6, 6.07) is 8.06. The molecular weight excluding hydrogens is 280 g/mol. The number of hydrogen-bond acceptors (Lipinski definition) is 5. The molecule has 6 heteroatoms. The first-order valence-electron chi connectivity index (χ1n) is 7.68. The SMILES string of the molecule is COc1ccc(CCn2cc([C@@H]3CCNC[C@H]3O)nn2)cc1. The molecule has 1 aromatic heterocycles. The summed E-state index contributed by atoms with van der Waals surface area (Å²) in [5, 5.41) is 21.6. The molecule has 1 aliphatic heterocycles. The highest BCUT2D eigenvalue weighted by molar-refractivity contribution is 5.27. The largest absolute Gasteiger partial charge is 0.497 e. The van der Waals surface area contributed by atoms with Gasteiger partial charge >= 0.3 is 0 Å². The number of methoxy groups -OCH3 is 1. The van der Waals surface area contributed by atoms with E-state index in [0.717, 1.165) is 37.4 Å². The molecule has 2 N–H and O–H groups in total. The normalized spacial score (nSPS) is 21.7. The van der Waals surface area contributed by atoms with Gasteiger partial charge in [-0.25, -0.2) is 0 Å². The molecule has 0 spiro atoms. The minimum Gasteiger partial charge on any atom is -0.497 e. The van der Waals surface area contributed by atoms with Crippen LogP contribution in [0.15, 0.2) is 30.5 Å². The number of aliphatic hydroxyl groups excluding tert-OH is 1. The van der Waals surface area contributed by atoms with Gasteiger partial charge in [0.05, 0.1) is 18.9 Å². The minimum absolute atomic E-state index is 0.0935. The molecular formula is C16H22N4O2. The Morgan fingerprint density at radius 3 is 2.91 bits per heavy atom. The fraction of sp³-hybridized carbons (Fsp3) is 0.500. The van der Waals surface area contributed by atoms with Crippen LogP contribution >= 0.6 is 0 Å². The molecule has 0 aliphatic carbocycles. The summed E-state index contributed by atoms with van der Waals surface area (Å²) >= 11 is 0. The van der Waals surface area contributed by atoms with E-state index < -0.39 is 0 Å². The summed E-state index contributed by atoms with van der Waals surface area (Å²) in [4.78, 5) is 0. The van der Waals surface area contributed by atoms with Crippen LogP contribution < -0.4 is 10.1 Å². The second-order valence-corrected chi connectivity index (χ2v) is 5.67. The van der Waals surface area contributed by atoms with Gasteiger partial charge in [0.2, 0.25) is 0 Å². The van der Waals surface area contributed by atoms with Crippen LogP contribution in [0.2, 0.25) is 0 Å². The highest BCUT2D eigenvalue weighted by Crippen LogP contribution is 2.23. The number of nitrogens with zero attached hydrogens (tertiary/aromatic N) is 3. The molecule has 1 aliphatic rings. The van der Waals surface area contributed by atoms with Crippen molar-refractivity contribution in [2.45, 2.75) is 31.4 Å². The van der Waals surface area contributed by atoms with Crippen LogP contribution in [0.1, 0.15) is 23.6 Å². The summed E-state index contributed by atoms with van der Waals surface area (Å²) < 4.78 is 7.01. The Kier molecular flexibility index (Phi) is 4.70. The van der Waals surface area contributed by atoms with Gasteiger partial charge in [-0.05, 0) is 37.1 Å². The van der Waals surface area contributed by atoms with Crippen molar-refractivity contribution < 1.29 is 9.84 Å². The maximum absolute atomic E-state index is 10.0. The van der Waals surface area contributed by atoms with Crippen LogP contribution in [0.25, 0.3) is 0 Å². The molecule has 2 atom stereocenters. The second kappa shape index (κ2) is 6.89. The number of benzene rings is 1. The molecule has 0 unspecified atom stereocenters. The average Bonchev–Trinajstić information content (AvgIpc) is 3.02. The summed E-state index contributed by atoms with van der Waals surface area (Å²) in [6.07, 6.45) is 3.38. The van der Waals surface area contributed by atoms with E-state index in [-0.39, 0.29) is 12.0 Å². The van der Waals surface area contributed by atoms with Gasteiger partial charge in [-0.1, -0.05) is 17.3 Å². The zero-order chi connectivity index (χ0) is 15.4. The highest BCUT2D eigenvalue weighted by Gasteiger charge is 2.26. The van der Waals surface area contributed by atoms with E-state index in [4.69, 9.17) is 4.74 Å². The Morgan fingerprint density at radius 2 is 2.18 bits per heavy atom. The third-order valence-electron chi connectivity index (χ3n) is 4.17. The van der Waals surface area contributed by atoms with E-state index in [1.165, 1.54) is 5.56 Å². The molecule has 6 nitrogen and oxygen atoms in total. The molecule has 2 heterocycles. The van der Waals surface area contributed by atoms with Crippen molar-refractivity contribution in [2.75, 3.05) is 20.2 Å². The van der Waals surface area contributed by atoms with E-state index in [9.17, 15) is 5.11 Å². The number of aryl methyl sites for hydroxylation is 2. The Hall–Kier alpha value is -1.92. The summed E-state index contributed by atoms with van der Waals surface area (Å²) in [7, 11) is 1.67. The fourth-order valence-electron chi connectivity index (χ4n) is 2.82. The van der Waals surface area contributed by atoms with Gasteiger partial charge in [0.25, 0.3) is 0 Å². The number of rotatable bonds is 5. The van der Waals surface area contributed by atoms with Crippen LogP contribution in [-0.4, -0.2) is 46.4 Å². The molecule has 0 bridgehead atoms. The van der Waals surface area contributed by atoms with Crippen LogP contribution in [0.3, 0.4) is 0 Å². The first-order valence-corrected chi connectivity index (χ1v) is 7.68. The van der Waals surface area contributed by atoms with Gasteiger partial charge < -0.3 is 15.2 Å². The van der Waals surface area contributed by atoms with Gasteiger partial charge in [-0.15, -0.1) is 5.10 Å². The lowest BCUT2D eigenvalue weighted by Crippen LogP contribution is -2.39. The second-order valence-electron chi connectivity index (χ2n) is 5.67. The molecule has 2 aromatic rings. The topological polar surface area (TPSA) is 72.2 Å². The molecule has 0 amide bonds. The molecule has 1 fully saturated rings. The lowest BCUT2D eigenvalue weighted by Gasteiger charge is -2.26. The number of ether oxygens (including phenoxy) is 1. The molecule has 1 saturated heterocycles. The van der Waals surface area contributed by atoms with Gasteiger partial charge in [0.15, 0.2) is 0 Å². The monoisotopic (exact) mass is 302 g/mol. The van der Waals surface area contributed by atoms with Gasteiger partial charge in [0, 0.05) is 25.2 Å². The van der Waals surface area contributed by atoms with E-state index in [1.807, 2.05) is 23.0 Å². The Morgan fingerprint density at radius 1 is 1.36 bits per heavy atom. The summed E-state index contributed by atoms with van der Waals surface area (Å²) in [5.74, 6) is 0.961. The zero-order valence-corrected chi connectivity index (χ0v) is 12.8. The third kappa shape index (κ3) is 3.45. The standard InChI is InChI=1S/C16H22N4O2/c1-22-13-4-2-12(3-5-13)7-9-20-11-15(18-19-20)14-6-8-17-10-16(14)21/h2-5,11,14,16-17,21H,6-10H2,1H3/t14-,16+/m0/s1. The highest BCUT2D eigenvalue weighted by atomic mass is 16.5. The van der Waals surface area contributed by atoms with Gasteiger partial charge in [-0.3, -0.25) is 4.68 Å². The first kappa shape index (κ1) is 15.0. The van der Waals surface area contributed by atoms with E-state index >= 15 is 0 Å². The quantitative estimate of drug-likeness (QED) is 0.861. The number of β-amino-alcohol motifs (C(OH)–C–C–N with tert-alkyl or cyclic N) is 1. The number of nitrogens with one attached hydrogen (secondary N) is 1. The lowest BCUT2D eigenvalue weighted by molar-refractivity contribution is 0.116. The van der Waals surface area contributed by atoms with E-state index in [0.29, 0.717) is 6.54 Å². The van der Waals surface area contributed by atoms with E-state index in [1.54, 1.807) is 7.11 Å². The maximum Gasteiger partial charge on any atom is 0.118 e. The van der Waals surface area contributed by atoms with Crippen molar-refractivity contribution in [1.29, 1.82) is 0 Å². The lowest BCUT2D eigenvalue weighted by atomic mass is 9.92. The zero-order valence-electron chi connectivity index (χ0n) is 12.8. The Bertz CT molecular complexity index is 596. The Balaban J connectivity index is 1.59.